The fourth-order valence-electron chi connectivity index (χ4n) is 2.21. The second kappa shape index (κ2) is 6.88. The highest BCUT2D eigenvalue weighted by Gasteiger charge is 2.23. The van der Waals surface area contributed by atoms with Gasteiger partial charge in [-0.05, 0) is 19.1 Å². The predicted octanol–water partition coefficient (Wildman–Crippen LogP) is 0.964. The lowest BCUT2D eigenvalue weighted by atomic mass is 10.2. The van der Waals surface area contributed by atoms with Crippen molar-refractivity contribution in [1.29, 1.82) is 0 Å². The van der Waals surface area contributed by atoms with E-state index < -0.39 is 0 Å². The number of guanidine groups is 1. The van der Waals surface area contributed by atoms with Gasteiger partial charge in [0.1, 0.15) is 0 Å². The Balaban J connectivity index is 2.07. The standard InChI is InChI=1S/C13H22N4OS/c1-10-3-4-12(19-10)11(9-16-13(14)15-2)17-5-7-18-8-6-17/h3-4,11H,5-9H2,1-2H3,(H3,14,15,16). The Morgan fingerprint density at radius 3 is 2.84 bits per heavy atom. The number of ether oxygens (including phenoxy) is 1. The van der Waals surface area contributed by atoms with Crippen molar-refractivity contribution in [2.45, 2.75) is 13.0 Å². The SMILES string of the molecule is CN=C(N)NCC(c1ccc(C)s1)N1CCOCC1. The first kappa shape index (κ1) is 14.3. The van der Waals surface area contributed by atoms with E-state index in [1.807, 2.05) is 11.3 Å². The Morgan fingerprint density at radius 2 is 2.26 bits per heavy atom. The van der Waals surface area contributed by atoms with E-state index in [0.717, 1.165) is 32.8 Å². The summed E-state index contributed by atoms with van der Waals surface area (Å²) in [7, 11) is 1.70. The van der Waals surface area contributed by atoms with Crippen LogP contribution in [0, 0.1) is 6.92 Å². The predicted molar refractivity (Wildman–Crippen MR) is 79.7 cm³/mol. The van der Waals surface area contributed by atoms with Crippen LogP contribution in [0.25, 0.3) is 0 Å². The maximum atomic E-state index is 5.73. The van der Waals surface area contributed by atoms with Crippen LogP contribution in [-0.4, -0.2) is 50.8 Å². The number of aliphatic imine (C=N–C) groups is 1. The van der Waals surface area contributed by atoms with Gasteiger partial charge in [0.25, 0.3) is 0 Å². The molecule has 2 rings (SSSR count). The summed E-state index contributed by atoms with van der Waals surface area (Å²) in [6, 6.07) is 4.72. The number of nitrogens with zero attached hydrogens (tertiary/aromatic N) is 2. The normalized spacial score (nSPS) is 19.4. The summed E-state index contributed by atoms with van der Waals surface area (Å²) in [6.07, 6.45) is 0. The lowest BCUT2D eigenvalue weighted by Crippen LogP contribution is -2.44. The van der Waals surface area contributed by atoms with Crippen molar-refractivity contribution < 1.29 is 4.74 Å². The van der Waals surface area contributed by atoms with Crippen LogP contribution in [0.2, 0.25) is 0 Å². The highest BCUT2D eigenvalue weighted by atomic mass is 32.1. The Hall–Kier alpha value is -1.11. The van der Waals surface area contributed by atoms with Crippen LogP contribution in [0.4, 0.5) is 0 Å². The first-order valence-electron chi connectivity index (χ1n) is 6.55. The van der Waals surface area contributed by atoms with Gasteiger partial charge in [0.15, 0.2) is 5.96 Å². The summed E-state index contributed by atoms with van der Waals surface area (Å²) in [5, 5.41) is 3.19. The van der Waals surface area contributed by atoms with Crippen LogP contribution in [0.5, 0.6) is 0 Å². The Morgan fingerprint density at radius 1 is 1.53 bits per heavy atom. The molecule has 1 unspecified atom stereocenters. The number of thiophene rings is 1. The zero-order valence-electron chi connectivity index (χ0n) is 11.6. The van der Waals surface area contributed by atoms with Crippen molar-refractivity contribution in [2.75, 3.05) is 39.9 Å². The highest BCUT2D eigenvalue weighted by Crippen LogP contribution is 2.27. The Labute approximate surface area is 118 Å². The molecule has 6 heteroatoms. The van der Waals surface area contributed by atoms with Gasteiger partial charge in [0, 0.05) is 36.4 Å². The Bertz CT molecular complexity index is 426. The average molecular weight is 282 g/mol. The van der Waals surface area contributed by atoms with E-state index in [-0.39, 0.29) is 0 Å². The summed E-state index contributed by atoms with van der Waals surface area (Å²) in [5.41, 5.74) is 5.73. The topological polar surface area (TPSA) is 62.9 Å². The first-order chi connectivity index (χ1) is 9.20. The summed E-state index contributed by atoms with van der Waals surface area (Å²) in [4.78, 5) is 9.11. The molecule has 1 saturated heterocycles. The second-order valence-electron chi connectivity index (χ2n) is 4.60. The maximum Gasteiger partial charge on any atom is 0.188 e. The summed E-state index contributed by atoms with van der Waals surface area (Å²) in [6.45, 7) is 6.46. The number of rotatable bonds is 4. The molecule has 0 saturated carbocycles. The van der Waals surface area contributed by atoms with Gasteiger partial charge in [0.05, 0.1) is 19.3 Å². The average Bonchev–Trinajstić information content (AvgIpc) is 2.86. The summed E-state index contributed by atoms with van der Waals surface area (Å²) >= 11 is 1.85. The maximum absolute atomic E-state index is 5.73. The Kier molecular flexibility index (Phi) is 5.18. The molecule has 3 N–H and O–H groups in total. The third-order valence-electron chi connectivity index (χ3n) is 3.29. The van der Waals surface area contributed by atoms with Crippen molar-refractivity contribution in [3.63, 3.8) is 0 Å². The van der Waals surface area contributed by atoms with Gasteiger partial charge in [-0.25, -0.2) is 0 Å². The molecule has 1 aromatic heterocycles. The van der Waals surface area contributed by atoms with Crippen molar-refractivity contribution in [1.82, 2.24) is 10.2 Å². The van der Waals surface area contributed by atoms with E-state index in [1.54, 1.807) is 7.05 Å². The fourth-order valence-corrected chi connectivity index (χ4v) is 3.22. The van der Waals surface area contributed by atoms with Crippen LogP contribution in [0.3, 0.4) is 0 Å². The van der Waals surface area contributed by atoms with Gasteiger partial charge in [0.2, 0.25) is 0 Å². The van der Waals surface area contributed by atoms with Crippen LogP contribution in [0.15, 0.2) is 17.1 Å². The molecule has 19 heavy (non-hydrogen) atoms. The number of morpholine rings is 1. The summed E-state index contributed by atoms with van der Waals surface area (Å²) in [5.74, 6) is 0.492. The van der Waals surface area contributed by atoms with Crippen LogP contribution in [0.1, 0.15) is 15.8 Å². The van der Waals surface area contributed by atoms with Crippen molar-refractivity contribution in [3.05, 3.63) is 21.9 Å². The lowest BCUT2D eigenvalue weighted by molar-refractivity contribution is 0.0177. The van der Waals surface area contributed by atoms with E-state index in [0.29, 0.717) is 12.0 Å². The molecule has 1 aliphatic rings. The van der Waals surface area contributed by atoms with Gasteiger partial charge >= 0.3 is 0 Å². The second-order valence-corrected chi connectivity index (χ2v) is 5.92. The lowest BCUT2D eigenvalue weighted by Gasteiger charge is -2.34. The minimum Gasteiger partial charge on any atom is -0.379 e. The van der Waals surface area contributed by atoms with E-state index in [9.17, 15) is 0 Å². The molecule has 0 aromatic carbocycles. The number of hydrogen-bond donors (Lipinski definition) is 2. The zero-order chi connectivity index (χ0) is 13.7. The number of aryl methyl sites for hydroxylation is 1. The number of nitrogens with two attached hydrogens (primary N) is 1. The van der Waals surface area contributed by atoms with Gasteiger partial charge in [-0.1, -0.05) is 0 Å². The van der Waals surface area contributed by atoms with Crippen LogP contribution in [-0.2, 0) is 4.74 Å². The molecule has 106 valence electrons. The minimum absolute atomic E-state index is 0.336. The molecule has 1 atom stereocenters. The molecule has 5 nitrogen and oxygen atoms in total. The van der Waals surface area contributed by atoms with Gasteiger partial charge in [-0.3, -0.25) is 9.89 Å². The third kappa shape index (κ3) is 3.92. The molecule has 0 amide bonds. The van der Waals surface area contributed by atoms with Crippen LogP contribution < -0.4 is 11.1 Å². The molecular formula is C13H22N4OS. The van der Waals surface area contributed by atoms with E-state index in [2.05, 4.69) is 34.3 Å². The number of hydrogen-bond acceptors (Lipinski definition) is 4. The molecule has 2 heterocycles. The van der Waals surface area contributed by atoms with Crippen molar-refractivity contribution in [3.8, 4) is 0 Å². The first-order valence-corrected chi connectivity index (χ1v) is 7.36. The molecule has 0 radical (unpaired) electrons. The van der Waals surface area contributed by atoms with Crippen LogP contribution >= 0.6 is 11.3 Å². The molecular weight excluding hydrogens is 260 g/mol. The van der Waals surface area contributed by atoms with Gasteiger partial charge in [-0.15, -0.1) is 11.3 Å². The molecule has 1 aromatic rings. The molecule has 1 fully saturated rings. The quantitative estimate of drug-likeness (QED) is 0.638. The third-order valence-corrected chi connectivity index (χ3v) is 4.40. The monoisotopic (exact) mass is 282 g/mol. The molecule has 0 aliphatic carbocycles. The minimum atomic E-state index is 0.336. The largest absolute Gasteiger partial charge is 0.379 e. The zero-order valence-corrected chi connectivity index (χ0v) is 12.4. The van der Waals surface area contributed by atoms with Gasteiger partial charge in [-0.2, -0.15) is 0 Å². The van der Waals surface area contributed by atoms with E-state index in [1.165, 1.54) is 9.75 Å². The summed E-state index contributed by atoms with van der Waals surface area (Å²) < 4.78 is 5.43. The smallest absolute Gasteiger partial charge is 0.188 e. The van der Waals surface area contributed by atoms with E-state index >= 15 is 0 Å². The van der Waals surface area contributed by atoms with E-state index in [4.69, 9.17) is 10.5 Å². The fraction of sp³-hybridized carbons (Fsp3) is 0.615. The van der Waals surface area contributed by atoms with Gasteiger partial charge < -0.3 is 15.8 Å². The molecule has 0 spiro atoms. The molecule has 0 bridgehead atoms. The van der Waals surface area contributed by atoms with Crippen molar-refractivity contribution in [2.24, 2.45) is 10.7 Å². The van der Waals surface area contributed by atoms with Crippen molar-refractivity contribution >= 4 is 17.3 Å². The highest BCUT2D eigenvalue weighted by molar-refractivity contribution is 7.12. The molecule has 1 aliphatic heterocycles. The number of nitrogens with one attached hydrogen (secondary N) is 1.